The molecule has 2 heterocycles. The van der Waals surface area contributed by atoms with Crippen LogP contribution in [0, 0.1) is 0 Å². The van der Waals surface area contributed by atoms with Gasteiger partial charge in [-0.1, -0.05) is 29.8 Å². The second kappa shape index (κ2) is 7.19. The molecule has 0 aliphatic carbocycles. The van der Waals surface area contributed by atoms with Crippen LogP contribution >= 0.6 is 27.5 Å². The smallest absolute Gasteiger partial charge is 0.275 e. The van der Waals surface area contributed by atoms with Gasteiger partial charge in [-0.25, -0.2) is 0 Å². The zero-order chi connectivity index (χ0) is 17.1. The zero-order valence-electron chi connectivity index (χ0n) is 12.9. The van der Waals surface area contributed by atoms with Crippen molar-refractivity contribution in [2.45, 2.75) is 20.0 Å². The number of nitrogens with one attached hydrogen (secondary N) is 1. The molecule has 0 saturated heterocycles. The first-order valence-electron chi connectivity index (χ1n) is 7.37. The average Bonchev–Trinajstić information content (AvgIpc) is 3.15. The van der Waals surface area contributed by atoms with Crippen LogP contribution in [0.5, 0.6) is 0 Å². The summed E-state index contributed by atoms with van der Waals surface area (Å²) in [5.74, 6) is -0.237. The molecule has 1 aromatic carbocycles. The summed E-state index contributed by atoms with van der Waals surface area (Å²) in [4.78, 5) is 12.4. The first-order valence-corrected chi connectivity index (χ1v) is 8.54. The van der Waals surface area contributed by atoms with Crippen LogP contribution in [0.3, 0.4) is 0 Å². The van der Waals surface area contributed by atoms with Crippen molar-refractivity contribution < 1.29 is 4.79 Å². The molecule has 24 heavy (non-hydrogen) atoms. The molecule has 1 N–H and O–H groups in total. The molecule has 3 rings (SSSR count). The number of hydrogen-bond donors (Lipinski definition) is 1. The maximum Gasteiger partial charge on any atom is 0.275 e. The van der Waals surface area contributed by atoms with Crippen LogP contribution in [-0.2, 0) is 13.1 Å². The van der Waals surface area contributed by atoms with E-state index in [4.69, 9.17) is 11.6 Å². The number of amides is 1. The van der Waals surface area contributed by atoms with Crippen molar-refractivity contribution in [2.75, 3.05) is 5.32 Å². The standard InChI is InChI=1S/C16H15BrClN5O/c1-2-23-15(13(17)8-20-23)16(24)21-12-7-19-22(10-12)9-11-5-3-4-6-14(11)18/h3-8,10H,2,9H2,1H3,(H,21,24). The maximum absolute atomic E-state index is 12.4. The normalized spacial score (nSPS) is 10.8. The molecule has 0 unspecified atom stereocenters. The van der Waals surface area contributed by atoms with E-state index in [9.17, 15) is 4.79 Å². The van der Waals surface area contributed by atoms with E-state index in [0.717, 1.165) is 5.56 Å². The molecular weight excluding hydrogens is 394 g/mol. The second-order valence-electron chi connectivity index (χ2n) is 5.13. The van der Waals surface area contributed by atoms with Gasteiger partial charge in [0.05, 0.1) is 29.1 Å². The van der Waals surface area contributed by atoms with Gasteiger partial charge in [-0.3, -0.25) is 14.2 Å². The van der Waals surface area contributed by atoms with E-state index in [-0.39, 0.29) is 5.91 Å². The molecule has 3 aromatic rings. The lowest BCUT2D eigenvalue weighted by Crippen LogP contribution is -2.17. The number of anilines is 1. The van der Waals surface area contributed by atoms with Crippen molar-refractivity contribution in [3.63, 3.8) is 0 Å². The van der Waals surface area contributed by atoms with Crippen LogP contribution in [0.25, 0.3) is 0 Å². The Morgan fingerprint density at radius 1 is 1.29 bits per heavy atom. The van der Waals surface area contributed by atoms with Crippen molar-refractivity contribution in [3.05, 3.63) is 63.6 Å². The highest BCUT2D eigenvalue weighted by Gasteiger charge is 2.17. The van der Waals surface area contributed by atoms with Crippen molar-refractivity contribution in [2.24, 2.45) is 0 Å². The highest BCUT2D eigenvalue weighted by atomic mass is 79.9. The Bertz CT molecular complexity index is 873. The Hall–Kier alpha value is -2.12. The molecule has 2 aromatic heterocycles. The minimum atomic E-state index is -0.237. The van der Waals surface area contributed by atoms with E-state index in [1.807, 2.05) is 31.2 Å². The summed E-state index contributed by atoms with van der Waals surface area (Å²) in [5, 5.41) is 11.9. The number of nitrogens with zero attached hydrogens (tertiary/aromatic N) is 4. The molecule has 0 saturated carbocycles. The Kier molecular flexibility index (Phi) is 5.01. The van der Waals surface area contributed by atoms with Crippen molar-refractivity contribution in [1.82, 2.24) is 19.6 Å². The summed E-state index contributed by atoms with van der Waals surface area (Å²) >= 11 is 9.51. The molecule has 8 heteroatoms. The van der Waals surface area contributed by atoms with Crippen LogP contribution in [0.1, 0.15) is 23.0 Å². The fraction of sp³-hybridized carbons (Fsp3) is 0.188. The Balaban J connectivity index is 1.73. The molecule has 0 bridgehead atoms. The largest absolute Gasteiger partial charge is 0.318 e. The van der Waals surface area contributed by atoms with Gasteiger partial charge in [-0.05, 0) is 34.5 Å². The number of carbonyl (C=O) groups excluding carboxylic acids is 1. The number of aryl methyl sites for hydroxylation is 1. The first-order chi connectivity index (χ1) is 11.6. The highest BCUT2D eigenvalue weighted by Crippen LogP contribution is 2.19. The first kappa shape index (κ1) is 16.7. The average molecular weight is 409 g/mol. The number of hydrogen-bond acceptors (Lipinski definition) is 3. The van der Waals surface area contributed by atoms with Gasteiger partial charge >= 0.3 is 0 Å². The van der Waals surface area contributed by atoms with E-state index in [1.54, 1.807) is 28.0 Å². The number of carbonyl (C=O) groups is 1. The number of aromatic nitrogens is 4. The molecule has 6 nitrogen and oxygen atoms in total. The number of halogens is 2. The second-order valence-corrected chi connectivity index (χ2v) is 6.39. The van der Waals surface area contributed by atoms with Gasteiger partial charge in [0, 0.05) is 17.8 Å². The van der Waals surface area contributed by atoms with E-state index in [2.05, 4.69) is 31.4 Å². The third-order valence-electron chi connectivity index (χ3n) is 3.49. The predicted octanol–water partition coefficient (Wildman–Crippen LogP) is 3.82. The van der Waals surface area contributed by atoms with Crippen molar-refractivity contribution in [3.8, 4) is 0 Å². The quantitative estimate of drug-likeness (QED) is 0.698. The maximum atomic E-state index is 12.4. The fourth-order valence-electron chi connectivity index (χ4n) is 2.33. The lowest BCUT2D eigenvalue weighted by atomic mass is 10.2. The molecule has 1 amide bonds. The van der Waals surface area contributed by atoms with E-state index < -0.39 is 0 Å². The van der Waals surface area contributed by atoms with Gasteiger partial charge in [0.1, 0.15) is 5.69 Å². The third-order valence-corrected chi connectivity index (χ3v) is 4.44. The number of benzene rings is 1. The van der Waals surface area contributed by atoms with Gasteiger partial charge in [0.2, 0.25) is 0 Å². The predicted molar refractivity (Wildman–Crippen MR) is 96.3 cm³/mol. The minimum Gasteiger partial charge on any atom is -0.318 e. The summed E-state index contributed by atoms with van der Waals surface area (Å²) in [6, 6.07) is 7.60. The van der Waals surface area contributed by atoms with Crippen molar-refractivity contribution >= 4 is 39.1 Å². The Morgan fingerprint density at radius 2 is 2.08 bits per heavy atom. The summed E-state index contributed by atoms with van der Waals surface area (Å²) in [6.07, 6.45) is 4.98. The molecule has 124 valence electrons. The monoisotopic (exact) mass is 407 g/mol. The fourth-order valence-corrected chi connectivity index (χ4v) is 3.01. The molecular formula is C16H15BrClN5O. The van der Waals surface area contributed by atoms with Crippen LogP contribution < -0.4 is 5.32 Å². The summed E-state index contributed by atoms with van der Waals surface area (Å²) in [5.41, 5.74) is 2.06. The van der Waals surface area contributed by atoms with Gasteiger partial charge < -0.3 is 5.32 Å². The van der Waals surface area contributed by atoms with Gasteiger partial charge in [0.15, 0.2) is 0 Å². The molecule has 0 atom stereocenters. The summed E-state index contributed by atoms with van der Waals surface area (Å²) < 4.78 is 4.02. The molecule has 0 radical (unpaired) electrons. The van der Waals surface area contributed by atoms with Crippen LogP contribution in [0.2, 0.25) is 5.02 Å². The Labute approximate surface area is 152 Å². The van der Waals surface area contributed by atoms with Crippen LogP contribution in [0.4, 0.5) is 5.69 Å². The zero-order valence-corrected chi connectivity index (χ0v) is 15.3. The lowest BCUT2D eigenvalue weighted by molar-refractivity contribution is 0.101. The van der Waals surface area contributed by atoms with E-state index in [1.165, 1.54) is 0 Å². The molecule has 0 aliphatic heterocycles. The minimum absolute atomic E-state index is 0.237. The molecule has 0 fully saturated rings. The summed E-state index contributed by atoms with van der Waals surface area (Å²) in [6.45, 7) is 3.07. The molecule has 0 spiro atoms. The van der Waals surface area contributed by atoms with Gasteiger partial charge in [0.25, 0.3) is 5.91 Å². The number of rotatable bonds is 5. The lowest BCUT2D eigenvalue weighted by Gasteiger charge is -2.06. The third kappa shape index (κ3) is 3.52. The highest BCUT2D eigenvalue weighted by molar-refractivity contribution is 9.10. The summed E-state index contributed by atoms with van der Waals surface area (Å²) in [7, 11) is 0. The van der Waals surface area contributed by atoms with Crippen LogP contribution in [0.15, 0.2) is 47.3 Å². The van der Waals surface area contributed by atoms with Gasteiger partial charge in [-0.2, -0.15) is 10.2 Å². The molecule has 0 aliphatic rings. The SMILES string of the molecule is CCn1ncc(Br)c1C(=O)Nc1cnn(Cc2ccccc2Cl)c1. The Morgan fingerprint density at radius 3 is 2.83 bits per heavy atom. The van der Waals surface area contributed by atoms with Crippen molar-refractivity contribution in [1.29, 1.82) is 0 Å². The van der Waals surface area contributed by atoms with Gasteiger partial charge in [-0.15, -0.1) is 0 Å². The topological polar surface area (TPSA) is 64.7 Å². The van der Waals surface area contributed by atoms with Crippen LogP contribution in [-0.4, -0.2) is 25.5 Å². The van der Waals surface area contributed by atoms with E-state index >= 15 is 0 Å². The van der Waals surface area contributed by atoms with E-state index in [0.29, 0.717) is 34.0 Å².